The highest BCUT2D eigenvalue weighted by atomic mass is 19.2. The molecule has 0 radical (unpaired) electrons. The Morgan fingerprint density at radius 3 is 1.24 bits per heavy atom. The summed E-state index contributed by atoms with van der Waals surface area (Å²) in [5.41, 5.74) is -3.01. The van der Waals surface area contributed by atoms with Gasteiger partial charge in [0.25, 0.3) is 0 Å². The molecule has 0 aromatic heterocycles. The zero-order valence-corrected chi connectivity index (χ0v) is 17.8. The fraction of sp³-hybridized carbons (Fsp3) is 0.455. The largest absolute Gasteiger partial charge is 0.335 e. The maximum atomic E-state index is 14.9. The van der Waals surface area contributed by atoms with Crippen LogP contribution in [0.2, 0.25) is 5.82 Å². The van der Waals surface area contributed by atoms with Crippen molar-refractivity contribution < 1.29 is 48.8 Å². The molecule has 2 aromatic carbocycles. The minimum absolute atomic E-state index is 0.0765. The van der Waals surface area contributed by atoms with Crippen molar-refractivity contribution in [3.05, 3.63) is 58.2 Å². The SMILES string of the molecule is Fc1c(F)c(F)c([BH-](c2c(F)c(F)c(F)c(F)c2F)[C@H]2CCCC[C@@H]2[NH+]2CCCC2)c(F)c1F. The molecule has 2 atom stereocenters. The van der Waals surface area contributed by atoms with Gasteiger partial charge in [0.2, 0.25) is 0 Å². The zero-order chi connectivity index (χ0) is 24.9. The van der Waals surface area contributed by atoms with Crippen molar-refractivity contribution >= 4 is 17.6 Å². The normalized spacial score (nSPS) is 21.6. The molecule has 1 saturated heterocycles. The van der Waals surface area contributed by atoms with Crippen molar-refractivity contribution in [3.8, 4) is 0 Å². The lowest BCUT2D eigenvalue weighted by Gasteiger charge is -2.44. The Labute approximate surface area is 188 Å². The van der Waals surface area contributed by atoms with E-state index in [0.29, 0.717) is 32.4 Å². The molecular formula is C22H20BF10N. The lowest BCUT2D eigenvalue weighted by Crippen LogP contribution is -3.14. The maximum Gasteiger partial charge on any atom is 0.200 e. The maximum absolute atomic E-state index is 14.9. The third-order valence-corrected chi connectivity index (χ3v) is 7.57. The van der Waals surface area contributed by atoms with Gasteiger partial charge < -0.3 is 4.90 Å². The zero-order valence-electron chi connectivity index (χ0n) is 17.8. The summed E-state index contributed by atoms with van der Waals surface area (Å²) < 4.78 is 144. The molecule has 1 nitrogen and oxygen atoms in total. The molecule has 1 N–H and O–H groups in total. The highest BCUT2D eigenvalue weighted by Crippen LogP contribution is 2.34. The van der Waals surface area contributed by atoms with E-state index in [4.69, 9.17) is 0 Å². The van der Waals surface area contributed by atoms with Crippen LogP contribution >= 0.6 is 0 Å². The second-order valence-electron chi connectivity index (χ2n) is 9.20. The van der Waals surface area contributed by atoms with E-state index in [1.807, 2.05) is 0 Å². The van der Waals surface area contributed by atoms with Gasteiger partial charge in [-0.3, -0.25) is 0 Å². The summed E-state index contributed by atoms with van der Waals surface area (Å²) in [5.74, 6) is -24.6. The molecule has 1 aliphatic carbocycles. The lowest BCUT2D eigenvalue weighted by atomic mass is 9.30. The fourth-order valence-electron chi connectivity index (χ4n) is 6.10. The molecule has 2 aliphatic rings. The number of hydrogen-bond donors (Lipinski definition) is 1. The summed E-state index contributed by atoms with van der Waals surface area (Å²) in [6, 6.07) is -0.499. The van der Waals surface area contributed by atoms with E-state index >= 15 is 0 Å². The van der Waals surface area contributed by atoms with E-state index in [9.17, 15) is 43.9 Å². The number of quaternary nitrogens is 1. The number of halogens is 10. The molecule has 34 heavy (non-hydrogen) atoms. The van der Waals surface area contributed by atoms with Crippen LogP contribution in [0.15, 0.2) is 0 Å². The van der Waals surface area contributed by atoms with Gasteiger partial charge >= 0.3 is 0 Å². The Hall–Kier alpha value is -2.24. The second-order valence-corrected chi connectivity index (χ2v) is 9.20. The van der Waals surface area contributed by atoms with Gasteiger partial charge in [0, 0.05) is 12.8 Å². The minimum atomic E-state index is -3.48. The summed E-state index contributed by atoms with van der Waals surface area (Å²) in [5, 5.41) is 0. The molecule has 2 fully saturated rings. The number of rotatable bonds is 4. The first-order valence-corrected chi connectivity index (χ1v) is 11.2. The second kappa shape index (κ2) is 9.43. The molecule has 0 unspecified atom stereocenters. The van der Waals surface area contributed by atoms with Gasteiger partial charge in [-0.15, -0.1) is 16.7 Å². The van der Waals surface area contributed by atoms with Gasteiger partial charge in [-0.1, -0.05) is 12.8 Å². The van der Waals surface area contributed by atoms with E-state index in [0.717, 1.165) is 17.7 Å². The third-order valence-electron chi connectivity index (χ3n) is 7.57. The molecule has 186 valence electrons. The van der Waals surface area contributed by atoms with Crippen molar-refractivity contribution in [2.24, 2.45) is 0 Å². The van der Waals surface area contributed by atoms with E-state index in [-0.39, 0.29) is 6.42 Å². The van der Waals surface area contributed by atoms with Crippen molar-refractivity contribution in [2.75, 3.05) is 13.1 Å². The smallest absolute Gasteiger partial charge is 0.200 e. The minimum Gasteiger partial charge on any atom is -0.335 e. The van der Waals surface area contributed by atoms with Crippen LogP contribution in [0.25, 0.3) is 0 Å². The Balaban J connectivity index is 2.04. The number of hydrogen-bond acceptors (Lipinski definition) is 0. The highest BCUT2D eigenvalue weighted by Gasteiger charge is 2.42. The van der Waals surface area contributed by atoms with E-state index in [1.165, 1.54) is 0 Å². The van der Waals surface area contributed by atoms with Crippen LogP contribution in [0.3, 0.4) is 0 Å². The Bertz CT molecular complexity index is 990. The Morgan fingerprint density at radius 1 is 0.471 bits per heavy atom. The summed E-state index contributed by atoms with van der Waals surface area (Å²) in [6.07, 6.45) is 3.14. The molecule has 0 spiro atoms. The molecule has 2 aromatic rings. The highest BCUT2D eigenvalue weighted by molar-refractivity contribution is 6.86. The monoisotopic (exact) mass is 499 g/mol. The first kappa shape index (κ1) is 24.9. The fourth-order valence-corrected chi connectivity index (χ4v) is 6.10. The van der Waals surface area contributed by atoms with Crippen LogP contribution in [0.5, 0.6) is 0 Å². The van der Waals surface area contributed by atoms with Gasteiger partial charge in [-0.25, -0.2) is 43.9 Å². The topological polar surface area (TPSA) is 4.44 Å². The molecule has 0 amide bonds. The first-order valence-electron chi connectivity index (χ1n) is 11.2. The molecule has 1 heterocycles. The van der Waals surface area contributed by atoms with Crippen molar-refractivity contribution in [1.82, 2.24) is 0 Å². The van der Waals surface area contributed by atoms with Gasteiger partial charge in [0.15, 0.2) is 34.9 Å². The van der Waals surface area contributed by atoms with Crippen LogP contribution in [0.4, 0.5) is 43.9 Å². The van der Waals surface area contributed by atoms with Crippen molar-refractivity contribution in [2.45, 2.75) is 50.4 Å². The van der Waals surface area contributed by atoms with Gasteiger partial charge in [0.1, 0.15) is 23.3 Å². The van der Waals surface area contributed by atoms with Gasteiger partial charge in [-0.05, 0) is 12.8 Å². The molecule has 4 rings (SSSR count). The molecular weight excluding hydrogens is 479 g/mol. The first-order chi connectivity index (χ1) is 16.1. The summed E-state index contributed by atoms with van der Waals surface area (Å²) in [4.78, 5) is 0.926. The average Bonchev–Trinajstić information content (AvgIpc) is 3.38. The number of benzene rings is 2. The number of likely N-dealkylation sites (tertiary alicyclic amines) is 1. The van der Waals surface area contributed by atoms with Crippen LogP contribution in [-0.2, 0) is 0 Å². The molecule has 0 bridgehead atoms. The van der Waals surface area contributed by atoms with Crippen molar-refractivity contribution in [3.63, 3.8) is 0 Å². The number of nitrogens with one attached hydrogen (secondary N) is 1. The predicted octanol–water partition coefficient (Wildman–Crippen LogP) is 3.41. The van der Waals surface area contributed by atoms with Crippen LogP contribution in [-0.4, -0.2) is 25.8 Å². The van der Waals surface area contributed by atoms with Crippen LogP contribution in [0, 0.1) is 58.2 Å². The van der Waals surface area contributed by atoms with Gasteiger partial charge in [0.05, 0.1) is 25.8 Å². The Kier molecular flexibility index (Phi) is 6.90. The van der Waals surface area contributed by atoms with Crippen LogP contribution in [0.1, 0.15) is 38.5 Å². The summed E-state index contributed by atoms with van der Waals surface area (Å²) in [7, 11) is 0. The van der Waals surface area contributed by atoms with E-state index < -0.39 is 87.7 Å². The van der Waals surface area contributed by atoms with E-state index in [2.05, 4.69) is 0 Å². The van der Waals surface area contributed by atoms with Crippen LogP contribution < -0.4 is 15.8 Å². The average molecular weight is 499 g/mol. The van der Waals surface area contributed by atoms with E-state index in [1.54, 1.807) is 0 Å². The van der Waals surface area contributed by atoms with Gasteiger partial charge in [-0.2, -0.15) is 0 Å². The predicted molar refractivity (Wildman–Crippen MR) is 105 cm³/mol. The standard InChI is InChI=1S/C22H19BF10N/c24-13-11(14(25)18(29)21(32)17(13)28)23(12-15(26)19(30)22(33)20(31)16(12)27)9-5-1-2-6-10(9)34-7-3-4-8-34/h9-10,23H,1-8H2/q-1/p+1/t9-,10-/m0/s1. The third kappa shape index (κ3) is 3.87. The molecule has 1 saturated carbocycles. The molecule has 12 heteroatoms. The Morgan fingerprint density at radius 2 is 0.824 bits per heavy atom. The lowest BCUT2D eigenvalue weighted by molar-refractivity contribution is -0.914. The molecule has 1 aliphatic heterocycles. The van der Waals surface area contributed by atoms with Crippen molar-refractivity contribution in [1.29, 1.82) is 0 Å². The quantitative estimate of drug-likeness (QED) is 0.285. The summed E-state index contributed by atoms with van der Waals surface area (Å²) in [6.45, 7) is -2.25. The summed E-state index contributed by atoms with van der Waals surface area (Å²) >= 11 is 0.